The van der Waals surface area contributed by atoms with Crippen molar-refractivity contribution in [3.8, 4) is 11.1 Å². The van der Waals surface area contributed by atoms with Crippen molar-refractivity contribution < 1.29 is 19.2 Å². The second-order valence-electron chi connectivity index (χ2n) is 10.4. The fourth-order valence-corrected chi connectivity index (χ4v) is 3.54. The minimum Gasteiger partial charge on any atom is -0.333 e. The van der Waals surface area contributed by atoms with Crippen molar-refractivity contribution in [1.29, 1.82) is 0 Å². The maximum absolute atomic E-state index is 13.4. The monoisotopic (exact) mass is 464 g/mol. The first kappa shape index (κ1) is 25.0. The number of carbonyl (C=O) groups is 4. The molecule has 0 fully saturated rings. The quantitative estimate of drug-likeness (QED) is 0.608. The van der Waals surface area contributed by atoms with Crippen molar-refractivity contribution >= 4 is 23.9 Å². The molecule has 34 heavy (non-hydrogen) atoms. The van der Waals surface area contributed by atoms with Gasteiger partial charge < -0.3 is 10.6 Å². The maximum atomic E-state index is 13.4. The Balaban J connectivity index is 2.11. The SMILES string of the molecule is CC(C)(C)NC(=O)N1CCN(C(=O)NC(C)(C)C)C(=O)c2cccc(c2)-c2cccc(c2)C1=O. The standard InChI is InChI=1S/C26H32N4O4/c1-25(2,3)27-23(33)29-13-14-30(24(34)28-26(4,5)6)22(32)20-12-8-10-18(16-20)17-9-7-11-19(15-17)21(29)31/h7-12,15-16H,13-14H2,1-6H3,(H,27,33)(H,28,34). The number of benzene rings is 2. The lowest BCUT2D eigenvalue weighted by Crippen LogP contribution is -2.55. The molecule has 8 nitrogen and oxygen atoms in total. The summed E-state index contributed by atoms with van der Waals surface area (Å²) < 4.78 is 0. The highest BCUT2D eigenvalue weighted by molar-refractivity contribution is 6.07. The molecule has 1 heterocycles. The van der Waals surface area contributed by atoms with E-state index in [0.717, 1.165) is 20.9 Å². The van der Waals surface area contributed by atoms with Crippen LogP contribution in [0.2, 0.25) is 0 Å². The molecule has 2 aromatic rings. The minimum atomic E-state index is -0.595. The molecular formula is C26H32N4O4. The summed E-state index contributed by atoms with van der Waals surface area (Å²) in [6, 6.07) is 12.7. The third-order valence-corrected chi connectivity index (χ3v) is 5.04. The Morgan fingerprint density at radius 3 is 1.29 bits per heavy atom. The van der Waals surface area contributed by atoms with Gasteiger partial charge in [0.25, 0.3) is 11.8 Å². The van der Waals surface area contributed by atoms with Gasteiger partial charge >= 0.3 is 12.1 Å². The summed E-state index contributed by atoms with van der Waals surface area (Å²) in [5.41, 5.74) is 0.957. The first-order valence-corrected chi connectivity index (χ1v) is 11.2. The lowest BCUT2D eigenvalue weighted by molar-refractivity contribution is 0.0716. The Hall–Kier alpha value is -3.68. The van der Waals surface area contributed by atoms with E-state index in [1.165, 1.54) is 0 Å². The van der Waals surface area contributed by atoms with Gasteiger partial charge in [0.2, 0.25) is 0 Å². The van der Waals surface area contributed by atoms with Gasteiger partial charge in [0, 0.05) is 35.3 Å². The highest BCUT2D eigenvalue weighted by Crippen LogP contribution is 2.24. The molecule has 0 unspecified atom stereocenters. The van der Waals surface area contributed by atoms with E-state index in [2.05, 4.69) is 10.6 Å². The van der Waals surface area contributed by atoms with Crippen LogP contribution in [0.15, 0.2) is 48.5 Å². The molecule has 0 saturated carbocycles. The number of carbonyl (C=O) groups excluding carboxylic acids is 4. The summed E-state index contributed by atoms with van der Waals surface area (Å²) in [4.78, 5) is 55.1. The number of fused-ring (bicyclic) bond motifs is 5. The average Bonchev–Trinajstić information content (AvgIpc) is 2.73. The van der Waals surface area contributed by atoms with Crippen molar-refractivity contribution in [1.82, 2.24) is 20.4 Å². The smallest absolute Gasteiger partial charge is 0.324 e. The molecule has 0 aliphatic carbocycles. The predicted octanol–water partition coefficient (Wildman–Crippen LogP) is 4.27. The number of nitrogens with one attached hydrogen (secondary N) is 2. The van der Waals surface area contributed by atoms with Crippen molar-refractivity contribution in [3.05, 3.63) is 59.7 Å². The number of urea groups is 2. The molecule has 1 aliphatic rings. The molecule has 2 N–H and O–H groups in total. The number of rotatable bonds is 0. The van der Waals surface area contributed by atoms with E-state index < -0.39 is 35.0 Å². The van der Waals surface area contributed by atoms with Crippen LogP contribution >= 0.6 is 0 Å². The molecule has 0 saturated heterocycles. The Morgan fingerprint density at radius 2 is 0.971 bits per heavy atom. The molecule has 1 aliphatic heterocycles. The fraction of sp³-hybridized carbons (Fsp3) is 0.385. The van der Waals surface area contributed by atoms with E-state index in [0.29, 0.717) is 11.1 Å². The van der Waals surface area contributed by atoms with E-state index in [-0.39, 0.29) is 13.1 Å². The molecule has 180 valence electrons. The van der Waals surface area contributed by atoms with Gasteiger partial charge in [-0.25, -0.2) is 9.59 Å². The zero-order valence-electron chi connectivity index (χ0n) is 20.6. The Labute approximate surface area is 200 Å². The first-order chi connectivity index (χ1) is 15.7. The van der Waals surface area contributed by atoms with Crippen LogP contribution in [0.25, 0.3) is 11.1 Å². The van der Waals surface area contributed by atoms with Crippen LogP contribution in [0.3, 0.4) is 0 Å². The average molecular weight is 465 g/mol. The number of hydrogen-bond acceptors (Lipinski definition) is 4. The fourth-order valence-electron chi connectivity index (χ4n) is 3.54. The van der Waals surface area contributed by atoms with E-state index in [9.17, 15) is 19.2 Å². The van der Waals surface area contributed by atoms with Crippen LogP contribution in [0.4, 0.5) is 9.59 Å². The topological polar surface area (TPSA) is 98.8 Å². The number of nitrogens with zero attached hydrogens (tertiary/aromatic N) is 2. The summed E-state index contributed by atoms with van der Waals surface area (Å²) in [6.07, 6.45) is 0. The van der Waals surface area contributed by atoms with Crippen LogP contribution < -0.4 is 10.6 Å². The van der Waals surface area contributed by atoms with Crippen molar-refractivity contribution in [2.24, 2.45) is 0 Å². The molecule has 0 radical (unpaired) electrons. The Bertz CT molecular complexity index is 1040. The molecule has 0 atom stereocenters. The lowest BCUT2D eigenvalue weighted by atomic mass is 10.00. The summed E-state index contributed by atoms with van der Waals surface area (Å²) in [6.45, 7) is 10.5. The number of amides is 6. The van der Waals surface area contributed by atoms with Gasteiger partial charge in [-0.3, -0.25) is 19.4 Å². The van der Waals surface area contributed by atoms with Gasteiger partial charge in [-0.15, -0.1) is 0 Å². The highest BCUT2D eigenvalue weighted by atomic mass is 16.2. The number of hydrogen-bond donors (Lipinski definition) is 2. The summed E-state index contributed by atoms with van der Waals surface area (Å²) in [7, 11) is 0. The molecule has 3 rings (SSSR count). The van der Waals surface area contributed by atoms with E-state index in [1.807, 2.05) is 53.7 Å². The number of imide groups is 2. The first-order valence-electron chi connectivity index (χ1n) is 11.2. The Kier molecular flexibility index (Phi) is 6.82. The van der Waals surface area contributed by atoms with Crippen LogP contribution in [0.5, 0.6) is 0 Å². The van der Waals surface area contributed by atoms with Crippen LogP contribution in [-0.4, -0.2) is 57.8 Å². The van der Waals surface area contributed by atoms with Gasteiger partial charge in [0.05, 0.1) is 0 Å². The van der Waals surface area contributed by atoms with Crippen LogP contribution in [-0.2, 0) is 0 Å². The van der Waals surface area contributed by atoms with Gasteiger partial charge in [0.1, 0.15) is 0 Å². The highest BCUT2D eigenvalue weighted by Gasteiger charge is 2.31. The zero-order valence-corrected chi connectivity index (χ0v) is 20.6. The predicted molar refractivity (Wildman–Crippen MR) is 131 cm³/mol. The molecule has 6 amide bonds. The van der Waals surface area contributed by atoms with Gasteiger partial charge in [0.15, 0.2) is 0 Å². The molecular weight excluding hydrogens is 432 g/mol. The third kappa shape index (κ3) is 6.01. The minimum absolute atomic E-state index is 0.159. The van der Waals surface area contributed by atoms with Crippen LogP contribution in [0.1, 0.15) is 62.3 Å². The summed E-state index contributed by atoms with van der Waals surface area (Å²) >= 11 is 0. The third-order valence-electron chi connectivity index (χ3n) is 5.04. The van der Waals surface area contributed by atoms with Gasteiger partial charge in [-0.05, 0) is 76.9 Å². The molecule has 2 aromatic carbocycles. The molecule has 4 bridgehead atoms. The summed E-state index contributed by atoms with van der Waals surface area (Å²) in [5.74, 6) is -1.02. The van der Waals surface area contributed by atoms with E-state index in [1.54, 1.807) is 36.4 Å². The Morgan fingerprint density at radius 1 is 0.647 bits per heavy atom. The maximum Gasteiger partial charge on any atom is 0.324 e. The lowest BCUT2D eigenvalue weighted by Gasteiger charge is -2.31. The van der Waals surface area contributed by atoms with Crippen LogP contribution in [0, 0.1) is 0 Å². The normalized spacial score (nSPS) is 14.8. The van der Waals surface area contributed by atoms with Gasteiger partial charge in [-0.2, -0.15) is 0 Å². The van der Waals surface area contributed by atoms with Crippen molar-refractivity contribution in [2.45, 2.75) is 52.6 Å². The second-order valence-corrected chi connectivity index (χ2v) is 10.4. The van der Waals surface area contributed by atoms with Crippen molar-refractivity contribution in [3.63, 3.8) is 0 Å². The summed E-state index contributed by atoms with van der Waals surface area (Å²) in [5, 5.41) is 5.60. The second kappa shape index (κ2) is 9.29. The molecule has 0 spiro atoms. The van der Waals surface area contributed by atoms with Crippen molar-refractivity contribution in [2.75, 3.05) is 13.1 Å². The largest absolute Gasteiger partial charge is 0.333 e. The molecule has 8 heteroatoms. The van der Waals surface area contributed by atoms with E-state index in [4.69, 9.17) is 0 Å². The molecule has 0 aromatic heterocycles. The zero-order chi connectivity index (χ0) is 25.3. The van der Waals surface area contributed by atoms with E-state index >= 15 is 0 Å². The van der Waals surface area contributed by atoms with Gasteiger partial charge in [-0.1, -0.05) is 24.3 Å².